The van der Waals surface area contributed by atoms with Crippen molar-refractivity contribution in [3.8, 4) is 0 Å². The molecule has 0 amide bonds. The van der Waals surface area contributed by atoms with Gasteiger partial charge < -0.3 is 5.11 Å². The molecule has 2 nitrogen and oxygen atoms in total. The largest absolute Gasteiger partial charge is 0.481 e. The first kappa shape index (κ1) is 7.16. The molecule has 1 aliphatic rings. The first-order chi connectivity index (χ1) is 4.02. The molecule has 4 heteroatoms. The quantitative estimate of drug-likeness (QED) is 0.638. The SMILES string of the molecule is O=C(O)C[C@H]1CC1(Cl)Cl. The maximum atomic E-state index is 10.0. The van der Waals surface area contributed by atoms with E-state index in [2.05, 4.69) is 0 Å². The van der Waals surface area contributed by atoms with Gasteiger partial charge in [0.25, 0.3) is 0 Å². The standard InChI is InChI=1S/C5H6Cl2O2/c6-5(7)2-3(5)1-4(8)9/h3H,1-2H2,(H,8,9)/t3-/m0/s1. The van der Waals surface area contributed by atoms with Gasteiger partial charge in [-0.1, -0.05) is 0 Å². The molecule has 1 N–H and O–H groups in total. The Balaban J connectivity index is 2.28. The molecule has 1 rings (SSSR count). The number of carbonyl (C=O) groups is 1. The van der Waals surface area contributed by atoms with Gasteiger partial charge in [-0.25, -0.2) is 0 Å². The van der Waals surface area contributed by atoms with Crippen molar-refractivity contribution in [2.24, 2.45) is 5.92 Å². The van der Waals surface area contributed by atoms with E-state index in [-0.39, 0.29) is 12.3 Å². The maximum Gasteiger partial charge on any atom is 0.303 e. The number of hydrogen-bond acceptors (Lipinski definition) is 1. The van der Waals surface area contributed by atoms with E-state index in [1.54, 1.807) is 0 Å². The minimum atomic E-state index is -0.830. The van der Waals surface area contributed by atoms with Gasteiger partial charge >= 0.3 is 5.97 Å². The van der Waals surface area contributed by atoms with E-state index in [9.17, 15) is 4.79 Å². The fraction of sp³-hybridized carbons (Fsp3) is 0.800. The summed E-state index contributed by atoms with van der Waals surface area (Å²) in [7, 11) is 0. The Labute approximate surface area is 62.8 Å². The van der Waals surface area contributed by atoms with Crippen molar-refractivity contribution in [1.29, 1.82) is 0 Å². The molecule has 0 aromatic carbocycles. The number of hydrogen-bond donors (Lipinski definition) is 1. The second-order valence-corrected chi connectivity index (χ2v) is 3.80. The van der Waals surface area contributed by atoms with E-state index in [0.717, 1.165) is 0 Å². The molecule has 0 aliphatic heterocycles. The number of alkyl halides is 2. The van der Waals surface area contributed by atoms with Crippen molar-refractivity contribution in [3.63, 3.8) is 0 Å². The Morgan fingerprint density at radius 1 is 1.78 bits per heavy atom. The fourth-order valence-electron chi connectivity index (χ4n) is 0.702. The van der Waals surface area contributed by atoms with Crippen LogP contribution >= 0.6 is 23.2 Å². The number of rotatable bonds is 2. The molecule has 9 heavy (non-hydrogen) atoms. The van der Waals surface area contributed by atoms with Gasteiger partial charge in [0.1, 0.15) is 4.33 Å². The topological polar surface area (TPSA) is 37.3 Å². The number of aliphatic carboxylic acids is 1. The van der Waals surface area contributed by atoms with Crippen LogP contribution in [0.5, 0.6) is 0 Å². The van der Waals surface area contributed by atoms with Crippen LogP contribution in [0.25, 0.3) is 0 Å². The van der Waals surface area contributed by atoms with Crippen LogP contribution in [0.15, 0.2) is 0 Å². The monoisotopic (exact) mass is 168 g/mol. The van der Waals surface area contributed by atoms with Crippen molar-refractivity contribution in [2.45, 2.75) is 17.2 Å². The number of halogens is 2. The van der Waals surface area contributed by atoms with Crippen molar-refractivity contribution in [3.05, 3.63) is 0 Å². The minimum absolute atomic E-state index is 0.0293. The van der Waals surface area contributed by atoms with E-state index < -0.39 is 10.3 Å². The molecule has 0 unspecified atom stereocenters. The zero-order valence-corrected chi connectivity index (χ0v) is 6.11. The van der Waals surface area contributed by atoms with Gasteiger partial charge in [-0.3, -0.25) is 4.79 Å². The molecular weight excluding hydrogens is 163 g/mol. The molecule has 1 aliphatic carbocycles. The van der Waals surface area contributed by atoms with Gasteiger partial charge in [0.15, 0.2) is 0 Å². The Kier molecular flexibility index (Phi) is 1.61. The van der Waals surface area contributed by atoms with Crippen LogP contribution in [0.3, 0.4) is 0 Å². The third-order valence-electron chi connectivity index (χ3n) is 1.38. The summed E-state index contributed by atoms with van der Waals surface area (Å²) >= 11 is 11.1. The summed E-state index contributed by atoms with van der Waals surface area (Å²) in [5.74, 6) is -0.860. The lowest BCUT2D eigenvalue weighted by molar-refractivity contribution is -0.137. The molecule has 1 fully saturated rings. The predicted octanol–water partition coefficient (Wildman–Crippen LogP) is 1.65. The molecule has 52 valence electrons. The van der Waals surface area contributed by atoms with Crippen molar-refractivity contribution in [2.75, 3.05) is 0 Å². The average molecular weight is 169 g/mol. The van der Waals surface area contributed by atoms with Crippen LogP contribution in [-0.4, -0.2) is 15.4 Å². The van der Waals surface area contributed by atoms with Gasteiger partial charge in [-0.05, 0) is 6.42 Å². The normalized spacial score (nSPS) is 29.8. The van der Waals surface area contributed by atoms with Crippen LogP contribution in [0.4, 0.5) is 0 Å². The highest BCUT2D eigenvalue weighted by atomic mass is 35.5. The van der Waals surface area contributed by atoms with Gasteiger partial charge in [-0.2, -0.15) is 0 Å². The molecule has 0 saturated heterocycles. The molecule has 1 atom stereocenters. The Bertz CT molecular complexity index is 144. The van der Waals surface area contributed by atoms with E-state index >= 15 is 0 Å². The molecule has 0 radical (unpaired) electrons. The van der Waals surface area contributed by atoms with E-state index in [1.165, 1.54) is 0 Å². The number of carboxylic acids is 1. The second kappa shape index (κ2) is 2.03. The lowest BCUT2D eigenvalue weighted by Crippen LogP contribution is -1.99. The lowest BCUT2D eigenvalue weighted by Gasteiger charge is -1.92. The smallest absolute Gasteiger partial charge is 0.303 e. The lowest BCUT2D eigenvalue weighted by atomic mass is 10.3. The maximum absolute atomic E-state index is 10.0. The first-order valence-corrected chi connectivity index (χ1v) is 3.37. The molecule has 0 aromatic rings. The first-order valence-electron chi connectivity index (χ1n) is 2.62. The zero-order valence-electron chi connectivity index (χ0n) is 4.60. The summed E-state index contributed by atoms with van der Waals surface area (Å²) in [4.78, 5) is 10.0. The van der Waals surface area contributed by atoms with Gasteiger partial charge in [0, 0.05) is 5.92 Å². The van der Waals surface area contributed by atoms with Crippen molar-refractivity contribution in [1.82, 2.24) is 0 Å². The van der Waals surface area contributed by atoms with Gasteiger partial charge in [0.2, 0.25) is 0 Å². The van der Waals surface area contributed by atoms with Crippen molar-refractivity contribution < 1.29 is 9.90 Å². The van der Waals surface area contributed by atoms with E-state index in [4.69, 9.17) is 28.3 Å². The summed E-state index contributed by atoms with van der Waals surface area (Å²) in [5, 5.41) is 8.24. The van der Waals surface area contributed by atoms with Crippen LogP contribution < -0.4 is 0 Å². The molecule has 1 saturated carbocycles. The Morgan fingerprint density at radius 3 is 2.33 bits per heavy atom. The molecule has 0 aromatic heterocycles. The number of carboxylic acid groups (broad SMARTS) is 1. The summed E-state index contributed by atoms with van der Waals surface area (Å²) in [6.07, 6.45) is 0.704. The molecule has 0 heterocycles. The van der Waals surface area contributed by atoms with Crippen LogP contribution in [0, 0.1) is 5.92 Å². The zero-order chi connectivity index (χ0) is 7.07. The fourth-order valence-corrected chi connectivity index (χ4v) is 1.23. The van der Waals surface area contributed by atoms with E-state index in [1.807, 2.05) is 0 Å². The third-order valence-corrected chi connectivity index (χ3v) is 2.30. The summed E-state index contributed by atoms with van der Waals surface area (Å²) in [6, 6.07) is 0. The predicted molar refractivity (Wildman–Crippen MR) is 34.8 cm³/mol. The highest BCUT2D eigenvalue weighted by Gasteiger charge is 2.52. The Hall–Kier alpha value is 0.0500. The minimum Gasteiger partial charge on any atom is -0.481 e. The highest BCUT2D eigenvalue weighted by molar-refractivity contribution is 6.50. The summed E-state index contributed by atoms with van der Waals surface area (Å²) in [5.41, 5.74) is 0. The van der Waals surface area contributed by atoms with Gasteiger partial charge in [0.05, 0.1) is 6.42 Å². The van der Waals surface area contributed by atoms with E-state index in [0.29, 0.717) is 6.42 Å². The average Bonchev–Trinajstić information content (AvgIpc) is 2.10. The van der Waals surface area contributed by atoms with Gasteiger partial charge in [-0.15, -0.1) is 23.2 Å². The highest BCUT2D eigenvalue weighted by Crippen LogP contribution is 2.54. The molecule has 0 spiro atoms. The summed E-state index contributed by atoms with van der Waals surface area (Å²) in [6.45, 7) is 0. The molecular formula is C5H6Cl2O2. The van der Waals surface area contributed by atoms with Crippen LogP contribution in [0.2, 0.25) is 0 Å². The second-order valence-electron chi connectivity index (χ2n) is 2.26. The van der Waals surface area contributed by atoms with Crippen LogP contribution in [-0.2, 0) is 4.79 Å². The summed E-state index contributed by atoms with van der Waals surface area (Å²) < 4.78 is -0.738. The third kappa shape index (κ3) is 1.73. The Morgan fingerprint density at radius 2 is 2.22 bits per heavy atom. The van der Waals surface area contributed by atoms with Crippen molar-refractivity contribution >= 4 is 29.2 Å². The van der Waals surface area contributed by atoms with Crippen LogP contribution in [0.1, 0.15) is 12.8 Å². The molecule has 0 bridgehead atoms.